The topological polar surface area (TPSA) is 71.1 Å². The highest BCUT2D eigenvalue weighted by molar-refractivity contribution is 7.16. The van der Waals surface area contributed by atoms with E-state index in [0.29, 0.717) is 16.6 Å². The summed E-state index contributed by atoms with van der Waals surface area (Å²) in [5.41, 5.74) is 1.17. The second kappa shape index (κ2) is 8.39. The summed E-state index contributed by atoms with van der Waals surface area (Å²) >= 11 is 1.42. The quantitative estimate of drug-likeness (QED) is 0.786. The number of halogens is 1. The maximum absolute atomic E-state index is 13.0. The van der Waals surface area contributed by atoms with E-state index in [1.165, 1.54) is 67.7 Å². The van der Waals surface area contributed by atoms with Gasteiger partial charge in [0.25, 0.3) is 5.91 Å². The van der Waals surface area contributed by atoms with Gasteiger partial charge in [-0.1, -0.05) is 19.3 Å². The first-order chi connectivity index (χ1) is 13.6. The lowest BCUT2D eigenvalue weighted by Crippen LogP contribution is -2.33. The molecule has 0 bridgehead atoms. The monoisotopic (exact) mass is 401 g/mol. The number of carbonyl (C=O) groups is 2. The zero-order valence-electron chi connectivity index (χ0n) is 15.7. The van der Waals surface area contributed by atoms with Crippen molar-refractivity contribution in [2.45, 2.75) is 50.9 Å². The van der Waals surface area contributed by atoms with Crippen LogP contribution in [0.4, 0.5) is 9.52 Å². The van der Waals surface area contributed by atoms with Gasteiger partial charge in [0, 0.05) is 17.0 Å². The molecule has 2 aromatic rings. The maximum Gasteiger partial charge on any atom is 0.257 e. The van der Waals surface area contributed by atoms with Crippen LogP contribution in [0.2, 0.25) is 0 Å². The van der Waals surface area contributed by atoms with Crippen LogP contribution in [0.15, 0.2) is 24.3 Å². The minimum atomic E-state index is -0.383. The van der Waals surface area contributed by atoms with Gasteiger partial charge in [0.05, 0.1) is 11.6 Å². The molecule has 0 saturated heterocycles. The Balaban J connectivity index is 1.37. The fourth-order valence-electron chi connectivity index (χ4n) is 4.07. The summed E-state index contributed by atoms with van der Waals surface area (Å²) in [6.07, 6.45) is 7.81. The number of fused-ring (bicyclic) bond motifs is 1. The Morgan fingerprint density at radius 2 is 1.86 bits per heavy atom. The summed E-state index contributed by atoms with van der Waals surface area (Å²) in [5, 5.41) is 6.37. The van der Waals surface area contributed by atoms with E-state index in [9.17, 15) is 14.0 Å². The van der Waals surface area contributed by atoms with Crippen LogP contribution in [0.3, 0.4) is 0 Å². The molecule has 148 valence electrons. The summed E-state index contributed by atoms with van der Waals surface area (Å²) in [7, 11) is 0. The molecule has 0 spiro atoms. The molecule has 7 heteroatoms. The number of aromatic nitrogens is 1. The van der Waals surface area contributed by atoms with E-state index < -0.39 is 0 Å². The van der Waals surface area contributed by atoms with Gasteiger partial charge in [0.15, 0.2) is 5.13 Å². The highest BCUT2D eigenvalue weighted by atomic mass is 32.1. The Morgan fingerprint density at radius 1 is 1.11 bits per heavy atom. The van der Waals surface area contributed by atoms with Crippen LogP contribution in [0.1, 0.15) is 65.4 Å². The molecule has 0 aliphatic heterocycles. The van der Waals surface area contributed by atoms with Crippen LogP contribution < -0.4 is 10.6 Å². The molecule has 1 aromatic heterocycles. The van der Waals surface area contributed by atoms with E-state index in [4.69, 9.17) is 0 Å². The molecule has 2 aliphatic rings. The van der Waals surface area contributed by atoms with Gasteiger partial charge in [0.2, 0.25) is 5.91 Å². The minimum Gasteiger partial charge on any atom is -0.355 e. The average Bonchev–Trinajstić information content (AvgIpc) is 3.27. The zero-order valence-corrected chi connectivity index (χ0v) is 16.5. The van der Waals surface area contributed by atoms with E-state index in [1.807, 2.05) is 0 Å². The summed E-state index contributed by atoms with van der Waals surface area (Å²) in [4.78, 5) is 30.6. The smallest absolute Gasteiger partial charge is 0.257 e. The molecule has 2 amide bonds. The van der Waals surface area contributed by atoms with Gasteiger partial charge in [-0.2, -0.15) is 0 Å². The second-order valence-electron chi connectivity index (χ2n) is 7.63. The fraction of sp³-hybridized carbons (Fsp3) is 0.476. The van der Waals surface area contributed by atoms with Gasteiger partial charge in [-0.25, -0.2) is 9.37 Å². The summed E-state index contributed by atoms with van der Waals surface area (Å²) in [6, 6.07) is 5.38. The van der Waals surface area contributed by atoms with Crippen LogP contribution >= 0.6 is 11.3 Å². The third-order valence-electron chi connectivity index (χ3n) is 5.65. The maximum atomic E-state index is 13.0. The number of anilines is 1. The lowest BCUT2D eigenvalue weighted by atomic mass is 9.89. The number of nitrogens with one attached hydrogen (secondary N) is 2. The van der Waals surface area contributed by atoms with Gasteiger partial charge in [0.1, 0.15) is 5.82 Å². The van der Waals surface area contributed by atoms with Crippen molar-refractivity contribution in [2.75, 3.05) is 11.9 Å². The Morgan fingerprint density at radius 3 is 2.61 bits per heavy atom. The van der Waals surface area contributed by atoms with E-state index in [-0.39, 0.29) is 23.5 Å². The van der Waals surface area contributed by atoms with Gasteiger partial charge in [-0.3, -0.25) is 14.9 Å². The number of nitrogens with zero attached hydrogens (tertiary/aromatic N) is 1. The third kappa shape index (κ3) is 4.24. The lowest BCUT2D eigenvalue weighted by Gasteiger charge is -2.22. The van der Waals surface area contributed by atoms with E-state index in [1.54, 1.807) is 0 Å². The summed E-state index contributed by atoms with van der Waals surface area (Å²) in [6.45, 7) is 0.753. The number of amides is 2. The van der Waals surface area contributed by atoms with Crippen molar-refractivity contribution in [1.82, 2.24) is 10.3 Å². The first-order valence-corrected chi connectivity index (χ1v) is 10.8. The van der Waals surface area contributed by atoms with Crippen molar-refractivity contribution in [1.29, 1.82) is 0 Å². The van der Waals surface area contributed by atoms with Crippen molar-refractivity contribution in [2.24, 2.45) is 5.92 Å². The molecule has 0 radical (unpaired) electrons. The van der Waals surface area contributed by atoms with Gasteiger partial charge >= 0.3 is 0 Å². The zero-order chi connectivity index (χ0) is 19.5. The van der Waals surface area contributed by atoms with Gasteiger partial charge in [-0.05, 0) is 55.9 Å². The first-order valence-electron chi connectivity index (χ1n) is 9.94. The minimum absolute atomic E-state index is 0.0473. The highest BCUT2D eigenvalue weighted by Crippen LogP contribution is 2.38. The molecule has 5 nitrogen and oxygen atoms in total. The van der Waals surface area contributed by atoms with E-state index in [0.717, 1.165) is 30.0 Å². The molecule has 2 N–H and O–H groups in total. The normalized spacial score (nSPS) is 19.2. The van der Waals surface area contributed by atoms with Crippen molar-refractivity contribution in [3.05, 3.63) is 46.2 Å². The molecule has 1 unspecified atom stereocenters. The molecule has 1 atom stereocenters. The van der Waals surface area contributed by atoms with Gasteiger partial charge in [-0.15, -0.1) is 11.3 Å². The van der Waals surface area contributed by atoms with Crippen molar-refractivity contribution in [3.8, 4) is 0 Å². The molecule has 28 heavy (non-hydrogen) atoms. The van der Waals surface area contributed by atoms with Crippen molar-refractivity contribution < 1.29 is 14.0 Å². The largest absolute Gasteiger partial charge is 0.355 e. The van der Waals surface area contributed by atoms with Crippen LogP contribution in [-0.2, 0) is 11.2 Å². The molecule has 1 saturated carbocycles. The molecular weight excluding hydrogens is 377 g/mol. The molecule has 1 aromatic carbocycles. The predicted molar refractivity (Wildman–Crippen MR) is 107 cm³/mol. The molecular formula is C21H24FN3O2S. The first kappa shape index (κ1) is 19.1. The number of hydrogen-bond acceptors (Lipinski definition) is 4. The Kier molecular flexibility index (Phi) is 5.71. The molecule has 1 fully saturated rings. The van der Waals surface area contributed by atoms with E-state index >= 15 is 0 Å². The number of hydrogen-bond donors (Lipinski definition) is 2. The number of aryl methyl sites for hydroxylation is 1. The molecule has 4 rings (SSSR count). The number of benzene rings is 1. The number of thiazole rings is 1. The Hall–Kier alpha value is -2.28. The standard InChI is InChI=1S/C21H24FN3O2S/c22-15-8-6-14(7-9-15)19(26)25-21-24-18-16(10-11-17(18)28-21)20(27)23-12-13-4-2-1-3-5-13/h6-9,13,16H,1-5,10-12H2,(H,23,27)(H,24,25,26). The summed E-state index contributed by atoms with van der Waals surface area (Å²) < 4.78 is 13.0. The highest BCUT2D eigenvalue weighted by Gasteiger charge is 2.33. The molecule has 2 aliphatic carbocycles. The van der Waals surface area contributed by atoms with Crippen molar-refractivity contribution in [3.63, 3.8) is 0 Å². The van der Waals surface area contributed by atoms with Crippen LogP contribution in [-0.4, -0.2) is 23.3 Å². The predicted octanol–water partition coefficient (Wildman–Crippen LogP) is 4.26. The molecule has 1 heterocycles. The fourth-order valence-corrected chi connectivity index (χ4v) is 5.10. The third-order valence-corrected chi connectivity index (χ3v) is 6.70. The number of rotatable bonds is 5. The van der Waals surface area contributed by atoms with Crippen molar-refractivity contribution >= 4 is 28.3 Å². The Labute approximate surface area is 167 Å². The SMILES string of the molecule is O=C(Nc1nc2c(s1)CCC2C(=O)NCC1CCCCC1)c1ccc(F)cc1. The van der Waals surface area contributed by atoms with Crippen LogP contribution in [0.25, 0.3) is 0 Å². The lowest BCUT2D eigenvalue weighted by molar-refractivity contribution is -0.122. The number of carbonyl (C=O) groups excluding carboxylic acids is 2. The Bertz CT molecular complexity index is 859. The second-order valence-corrected chi connectivity index (χ2v) is 8.71. The average molecular weight is 402 g/mol. The van der Waals surface area contributed by atoms with E-state index in [2.05, 4.69) is 15.6 Å². The van der Waals surface area contributed by atoms with Gasteiger partial charge < -0.3 is 5.32 Å². The summed E-state index contributed by atoms with van der Waals surface area (Å²) in [5.74, 6) is -0.297. The van der Waals surface area contributed by atoms with Crippen LogP contribution in [0, 0.1) is 11.7 Å². The van der Waals surface area contributed by atoms with Crippen LogP contribution in [0.5, 0.6) is 0 Å².